The zero-order valence-electron chi connectivity index (χ0n) is 16.0. The Morgan fingerprint density at radius 1 is 0.630 bits per heavy atom. The zero-order chi connectivity index (χ0) is 19.6. The number of benzene rings is 3. The fourth-order valence-corrected chi connectivity index (χ4v) is 3.64. The lowest BCUT2D eigenvalue weighted by molar-refractivity contribution is 0.943. The molecular formula is C23H22N2O2. The molecule has 0 N–H and O–H groups in total. The number of aryl methyl sites for hydroxylation is 4. The third-order valence-electron chi connectivity index (χ3n) is 5.12. The van der Waals surface area contributed by atoms with Gasteiger partial charge in [0.05, 0.1) is 0 Å². The fourth-order valence-electron chi connectivity index (χ4n) is 3.64. The molecule has 0 saturated carbocycles. The summed E-state index contributed by atoms with van der Waals surface area (Å²) in [6.45, 7) is 7.81. The normalized spacial score (nSPS) is 10.9. The molecule has 0 atom stereocenters. The van der Waals surface area contributed by atoms with Crippen LogP contribution in [0.5, 0.6) is 0 Å². The van der Waals surface area contributed by atoms with Crippen molar-refractivity contribution in [3.05, 3.63) is 103 Å². The fraction of sp³-hybridized carbons (Fsp3) is 0.217. The highest BCUT2D eigenvalue weighted by Gasteiger charge is 2.22. The summed E-state index contributed by atoms with van der Waals surface area (Å²) < 4.78 is 0. The van der Waals surface area contributed by atoms with Crippen molar-refractivity contribution in [2.45, 2.75) is 33.6 Å². The Labute approximate surface area is 159 Å². The van der Waals surface area contributed by atoms with Crippen molar-refractivity contribution in [2.24, 2.45) is 10.4 Å². The van der Waals surface area contributed by atoms with Crippen molar-refractivity contribution in [1.29, 1.82) is 0 Å². The average Bonchev–Trinajstić information content (AvgIpc) is 2.67. The van der Waals surface area contributed by atoms with Crippen molar-refractivity contribution in [3.8, 4) is 0 Å². The van der Waals surface area contributed by atoms with E-state index in [0.717, 1.165) is 38.9 Å². The van der Waals surface area contributed by atoms with Gasteiger partial charge >= 0.3 is 0 Å². The van der Waals surface area contributed by atoms with Crippen LogP contribution in [0.15, 0.2) is 65.0 Å². The summed E-state index contributed by atoms with van der Waals surface area (Å²) in [5.74, 6) is -0.00926. The molecule has 3 rings (SSSR count). The summed E-state index contributed by atoms with van der Waals surface area (Å²) in [7, 11) is 0. The van der Waals surface area contributed by atoms with E-state index in [9.17, 15) is 9.81 Å². The average molecular weight is 358 g/mol. The SMILES string of the molecule is Cc1cc(C(c2ccccc2)c2cc(C)c(N=O)cc2C)c(C)cc1N=O. The van der Waals surface area contributed by atoms with Crippen molar-refractivity contribution in [2.75, 3.05) is 0 Å². The van der Waals surface area contributed by atoms with Crippen molar-refractivity contribution < 1.29 is 0 Å². The first-order valence-electron chi connectivity index (χ1n) is 8.90. The molecule has 0 spiro atoms. The van der Waals surface area contributed by atoms with Crippen molar-refractivity contribution in [3.63, 3.8) is 0 Å². The monoisotopic (exact) mass is 358 g/mol. The topological polar surface area (TPSA) is 58.9 Å². The maximum atomic E-state index is 11.1. The van der Waals surface area contributed by atoms with E-state index in [-0.39, 0.29) is 5.92 Å². The second kappa shape index (κ2) is 7.62. The van der Waals surface area contributed by atoms with Gasteiger partial charge in [0.2, 0.25) is 0 Å². The standard InChI is InChI=1S/C23H22N2O2/c1-14-12-21(24-26)16(3)10-19(14)23(18-8-6-5-7-9-18)20-11-17(4)22(25-27)13-15(20)2/h5-13,23H,1-4H3. The number of hydrogen-bond acceptors (Lipinski definition) is 4. The Hall–Kier alpha value is -3.14. The highest BCUT2D eigenvalue weighted by molar-refractivity contribution is 5.59. The second-order valence-electron chi connectivity index (χ2n) is 7.02. The molecule has 0 aliphatic carbocycles. The zero-order valence-corrected chi connectivity index (χ0v) is 16.0. The molecule has 136 valence electrons. The first kappa shape index (κ1) is 18.6. The quantitative estimate of drug-likeness (QED) is 0.368. The Morgan fingerprint density at radius 3 is 1.48 bits per heavy atom. The molecule has 3 aromatic carbocycles. The third-order valence-corrected chi connectivity index (χ3v) is 5.12. The number of hydrogen-bond donors (Lipinski definition) is 0. The van der Waals surface area contributed by atoms with Gasteiger partial charge < -0.3 is 0 Å². The molecule has 0 bridgehead atoms. The molecule has 4 nitrogen and oxygen atoms in total. The van der Waals surface area contributed by atoms with Gasteiger partial charge in [-0.05, 0) is 89.1 Å². The van der Waals surface area contributed by atoms with Crippen LogP contribution < -0.4 is 0 Å². The first-order chi connectivity index (χ1) is 13.0. The molecule has 0 amide bonds. The first-order valence-corrected chi connectivity index (χ1v) is 8.90. The molecule has 0 radical (unpaired) electrons. The van der Waals surface area contributed by atoms with Gasteiger partial charge in [0, 0.05) is 5.92 Å². The lowest BCUT2D eigenvalue weighted by Crippen LogP contribution is -2.08. The minimum Gasteiger partial charge on any atom is -0.145 e. The van der Waals surface area contributed by atoms with Gasteiger partial charge in [-0.25, -0.2) is 0 Å². The lowest BCUT2D eigenvalue weighted by Gasteiger charge is -2.24. The van der Waals surface area contributed by atoms with Crippen molar-refractivity contribution in [1.82, 2.24) is 0 Å². The molecule has 0 unspecified atom stereocenters. The van der Waals surface area contributed by atoms with Crippen molar-refractivity contribution >= 4 is 11.4 Å². The molecule has 27 heavy (non-hydrogen) atoms. The van der Waals surface area contributed by atoms with Crippen LogP contribution in [-0.4, -0.2) is 0 Å². The van der Waals surface area contributed by atoms with Gasteiger partial charge in [0.25, 0.3) is 0 Å². The van der Waals surface area contributed by atoms with Gasteiger partial charge in [-0.1, -0.05) is 42.5 Å². The van der Waals surface area contributed by atoms with E-state index >= 15 is 0 Å². The Balaban J connectivity index is 2.29. The predicted octanol–water partition coefficient (Wildman–Crippen LogP) is 6.90. The van der Waals surface area contributed by atoms with E-state index in [0.29, 0.717) is 11.4 Å². The number of nitrogens with zero attached hydrogens (tertiary/aromatic N) is 2. The third kappa shape index (κ3) is 3.56. The van der Waals surface area contributed by atoms with Crippen LogP contribution in [0.2, 0.25) is 0 Å². The lowest BCUT2D eigenvalue weighted by atomic mass is 9.80. The van der Waals surface area contributed by atoms with Gasteiger partial charge in [-0.3, -0.25) is 0 Å². The smallest absolute Gasteiger partial charge is 0.111 e. The van der Waals surface area contributed by atoms with Crippen LogP contribution in [0.25, 0.3) is 0 Å². The van der Waals surface area contributed by atoms with E-state index in [2.05, 4.69) is 22.5 Å². The van der Waals surface area contributed by atoms with E-state index < -0.39 is 0 Å². The highest BCUT2D eigenvalue weighted by atomic mass is 16.3. The maximum absolute atomic E-state index is 11.1. The molecular weight excluding hydrogens is 336 g/mol. The highest BCUT2D eigenvalue weighted by Crippen LogP contribution is 2.39. The summed E-state index contributed by atoms with van der Waals surface area (Å²) in [6, 6.07) is 18.0. The predicted molar refractivity (Wildman–Crippen MR) is 110 cm³/mol. The molecule has 0 aromatic heterocycles. The molecule has 0 fully saturated rings. The molecule has 0 aliphatic heterocycles. The van der Waals surface area contributed by atoms with Crippen LogP contribution in [-0.2, 0) is 0 Å². The van der Waals surface area contributed by atoms with E-state index in [4.69, 9.17) is 0 Å². The summed E-state index contributed by atoms with van der Waals surface area (Å²) in [5.41, 5.74) is 8.08. The van der Waals surface area contributed by atoms with Crippen LogP contribution in [0.1, 0.15) is 44.9 Å². The Kier molecular flexibility index (Phi) is 5.26. The molecule has 3 aromatic rings. The Bertz CT molecular complexity index is 947. The Morgan fingerprint density at radius 2 is 1.07 bits per heavy atom. The summed E-state index contributed by atoms with van der Waals surface area (Å²) in [6.07, 6.45) is 0. The summed E-state index contributed by atoms with van der Waals surface area (Å²) in [4.78, 5) is 22.2. The minimum atomic E-state index is -0.00926. The van der Waals surface area contributed by atoms with Crippen LogP contribution in [0.4, 0.5) is 11.4 Å². The van der Waals surface area contributed by atoms with E-state index in [1.807, 2.05) is 70.2 Å². The second-order valence-corrected chi connectivity index (χ2v) is 7.02. The molecule has 0 heterocycles. The number of rotatable bonds is 5. The van der Waals surface area contributed by atoms with Gasteiger partial charge in [0.15, 0.2) is 0 Å². The van der Waals surface area contributed by atoms with Gasteiger partial charge in [-0.15, -0.1) is 9.81 Å². The maximum Gasteiger partial charge on any atom is 0.111 e. The molecule has 0 aliphatic rings. The van der Waals surface area contributed by atoms with E-state index in [1.165, 1.54) is 0 Å². The number of nitroso groups, excluding NO2 is 2. The molecule has 4 heteroatoms. The van der Waals surface area contributed by atoms with Crippen LogP contribution in [0.3, 0.4) is 0 Å². The van der Waals surface area contributed by atoms with Gasteiger partial charge in [-0.2, -0.15) is 0 Å². The van der Waals surface area contributed by atoms with Crippen LogP contribution >= 0.6 is 0 Å². The molecule has 0 saturated heterocycles. The van der Waals surface area contributed by atoms with Gasteiger partial charge in [0.1, 0.15) is 11.4 Å². The largest absolute Gasteiger partial charge is 0.145 e. The van der Waals surface area contributed by atoms with E-state index in [1.54, 1.807) is 0 Å². The van der Waals surface area contributed by atoms with Crippen LogP contribution in [0, 0.1) is 37.5 Å². The minimum absolute atomic E-state index is 0.00926. The summed E-state index contributed by atoms with van der Waals surface area (Å²) >= 11 is 0. The summed E-state index contributed by atoms with van der Waals surface area (Å²) in [5, 5.41) is 6.27.